The summed E-state index contributed by atoms with van der Waals surface area (Å²) in [6.45, 7) is 6.39. The molecule has 7 rings (SSSR count). The molecule has 0 radical (unpaired) electrons. The smallest absolute Gasteiger partial charge is 0.305 e. The van der Waals surface area contributed by atoms with Crippen LogP contribution in [0.4, 0.5) is 0 Å². The summed E-state index contributed by atoms with van der Waals surface area (Å²) in [6.07, 6.45) is 9.52. The summed E-state index contributed by atoms with van der Waals surface area (Å²) in [7, 11) is 0. The summed E-state index contributed by atoms with van der Waals surface area (Å²) in [5, 5.41) is 0. The van der Waals surface area contributed by atoms with Crippen molar-refractivity contribution in [3.8, 4) is 0 Å². The van der Waals surface area contributed by atoms with Gasteiger partial charge in [0.25, 0.3) is 5.56 Å². The molecule has 2 saturated heterocycles. The Balaban J connectivity index is 1.26. The van der Waals surface area contributed by atoms with Crippen LogP contribution in [-0.4, -0.2) is 39.1 Å². The Bertz CT molecular complexity index is 1220. The monoisotopic (exact) mass is 459 g/mol. The average Bonchev–Trinajstić information content (AvgIpc) is 3.03. The lowest BCUT2D eigenvalue weighted by Gasteiger charge is -2.56. The summed E-state index contributed by atoms with van der Waals surface area (Å²) < 4.78 is 7.07. The molecule has 5 aliphatic rings. The van der Waals surface area contributed by atoms with E-state index in [1.165, 1.54) is 24.8 Å². The molecule has 2 unspecified atom stereocenters. The number of ether oxygens (including phenoxy) is 1. The van der Waals surface area contributed by atoms with Gasteiger partial charge in [-0.05, 0) is 69.6 Å². The Morgan fingerprint density at radius 1 is 1.15 bits per heavy atom. The number of fused-ring (bicyclic) bond motifs is 3. The minimum absolute atomic E-state index is 0.00954. The molecule has 178 valence electrons. The molecule has 4 bridgehead atoms. The van der Waals surface area contributed by atoms with Crippen LogP contribution in [-0.2, 0) is 16.0 Å². The first-order valence-corrected chi connectivity index (χ1v) is 12.9. The number of piperidine rings is 1. The van der Waals surface area contributed by atoms with Crippen LogP contribution in [0.5, 0.6) is 0 Å². The van der Waals surface area contributed by atoms with Gasteiger partial charge < -0.3 is 14.2 Å². The van der Waals surface area contributed by atoms with Crippen LogP contribution >= 0.6 is 0 Å². The van der Waals surface area contributed by atoms with Crippen LogP contribution in [0.15, 0.2) is 53.0 Å². The molecule has 2 aliphatic heterocycles. The van der Waals surface area contributed by atoms with Gasteiger partial charge in [-0.1, -0.05) is 24.3 Å². The Morgan fingerprint density at radius 3 is 2.56 bits per heavy atom. The van der Waals surface area contributed by atoms with E-state index < -0.39 is 0 Å². The van der Waals surface area contributed by atoms with Crippen LogP contribution in [0.3, 0.4) is 0 Å². The Labute approximate surface area is 200 Å². The van der Waals surface area contributed by atoms with Crippen LogP contribution in [0.25, 0.3) is 11.0 Å². The van der Waals surface area contributed by atoms with E-state index in [0.29, 0.717) is 55.5 Å². The second kappa shape index (κ2) is 8.40. The zero-order valence-electron chi connectivity index (χ0n) is 19.9. The lowest BCUT2D eigenvalue weighted by molar-refractivity contribution is -0.143. The van der Waals surface area contributed by atoms with Gasteiger partial charge in [0.05, 0.1) is 17.6 Å². The number of para-hydroxylation sites is 2. The molecule has 3 aliphatic carbocycles. The fourth-order valence-corrected chi connectivity index (χ4v) is 6.63. The van der Waals surface area contributed by atoms with E-state index >= 15 is 0 Å². The molecule has 6 nitrogen and oxygen atoms in total. The van der Waals surface area contributed by atoms with Gasteiger partial charge in [0, 0.05) is 42.6 Å². The molecule has 3 heterocycles. The molecule has 5 atom stereocenters. The quantitative estimate of drug-likeness (QED) is 0.449. The molecule has 5 fully saturated rings. The molecule has 2 aromatic rings. The van der Waals surface area contributed by atoms with Gasteiger partial charge in [-0.3, -0.25) is 9.59 Å². The maximum absolute atomic E-state index is 13.7. The van der Waals surface area contributed by atoms with Gasteiger partial charge in [-0.15, -0.1) is 0 Å². The molecule has 3 saturated carbocycles. The van der Waals surface area contributed by atoms with Crippen molar-refractivity contribution >= 4 is 17.0 Å². The number of carbonyl (C=O) groups is 1. The number of esters is 1. The van der Waals surface area contributed by atoms with E-state index in [9.17, 15) is 9.59 Å². The van der Waals surface area contributed by atoms with Gasteiger partial charge in [-0.2, -0.15) is 0 Å². The summed E-state index contributed by atoms with van der Waals surface area (Å²) in [5.41, 5.74) is 5.38. The lowest BCUT2D eigenvalue weighted by Crippen LogP contribution is -2.48. The Kier molecular flexibility index (Phi) is 5.34. The van der Waals surface area contributed by atoms with Crippen LogP contribution in [0, 0.1) is 11.8 Å². The SMILES string of the molecule is C=C1C2CC1C2=CN1[C@@H]2CC[C@H]1C[C@@H](n1c(=O)c(CCCC(=O)OCC)nc3ccccc31)C2. The third kappa shape index (κ3) is 3.41. The van der Waals surface area contributed by atoms with Gasteiger partial charge in [0.1, 0.15) is 5.69 Å². The fraction of sp³-hybridized carbons (Fsp3) is 0.536. The normalized spacial score (nSPS) is 29.1. The fourth-order valence-electron chi connectivity index (χ4n) is 6.63. The van der Waals surface area contributed by atoms with Gasteiger partial charge in [-0.25, -0.2) is 4.98 Å². The predicted molar refractivity (Wildman–Crippen MR) is 131 cm³/mol. The molecular weight excluding hydrogens is 426 g/mol. The minimum atomic E-state index is -0.214. The van der Waals surface area contributed by atoms with E-state index in [4.69, 9.17) is 9.72 Å². The topological polar surface area (TPSA) is 64.4 Å². The Hall–Kier alpha value is -2.89. The van der Waals surface area contributed by atoms with Gasteiger partial charge in [0.15, 0.2) is 0 Å². The summed E-state index contributed by atoms with van der Waals surface area (Å²) in [6, 6.07) is 9.15. The first kappa shape index (κ1) is 21.6. The molecule has 1 aromatic heterocycles. The molecule has 34 heavy (non-hydrogen) atoms. The van der Waals surface area contributed by atoms with Crippen molar-refractivity contribution in [2.45, 2.75) is 76.4 Å². The minimum Gasteiger partial charge on any atom is -0.466 e. The number of benzene rings is 1. The van der Waals surface area contributed by atoms with Crippen LogP contribution < -0.4 is 5.56 Å². The third-order valence-electron chi connectivity index (χ3n) is 8.56. The standard InChI is InChI=1S/C28H33N3O3/c1-3-34-27(32)10-6-8-25-28(33)31(26-9-5-4-7-24(26)29-25)20-13-18-11-12-19(14-20)30(18)16-23-21-15-22(23)17(21)2/h4-5,7,9,16,18-22H,2-3,6,8,10-15H2,1H3/t18-,19+,20+,21?,22?. The van der Waals surface area contributed by atoms with Crippen LogP contribution in [0.1, 0.15) is 63.6 Å². The predicted octanol–water partition coefficient (Wildman–Crippen LogP) is 4.54. The number of aromatic nitrogens is 2. The highest BCUT2D eigenvalue weighted by Crippen LogP contribution is 2.62. The summed E-state index contributed by atoms with van der Waals surface area (Å²) >= 11 is 0. The zero-order chi connectivity index (χ0) is 23.4. The number of hydrogen-bond donors (Lipinski definition) is 0. The number of allylic oxidation sites excluding steroid dienone is 2. The summed E-state index contributed by atoms with van der Waals surface area (Å²) in [4.78, 5) is 32.7. The maximum Gasteiger partial charge on any atom is 0.305 e. The molecule has 0 spiro atoms. The number of rotatable bonds is 7. The van der Waals surface area contributed by atoms with E-state index in [2.05, 4.69) is 17.7 Å². The van der Waals surface area contributed by atoms with Crippen molar-refractivity contribution in [3.05, 3.63) is 64.2 Å². The molecule has 0 N–H and O–H groups in total. The number of aryl methyl sites for hydroxylation is 1. The Morgan fingerprint density at radius 2 is 1.88 bits per heavy atom. The van der Waals surface area contributed by atoms with Gasteiger partial charge >= 0.3 is 5.97 Å². The first-order chi connectivity index (χ1) is 16.5. The average molecular weight is 460 g/mol. The second-order valence-electron chi connectivity index (χ2n) is 10.4. The van der Waals surface area contributed by atoms with Crippen molar-refractivity contribution in [1.29, 1.82) is 0 Å². The van der Waals surface area contributed by atoms with Crippen molar-refractivity contribution in [2.75, 3.05) is 6.61 Å². The second-order valence-corrected chi connectivity index (χ2v) is 10.4. The van der Waals surface area contributed by atoms with E-state index in [0.717, 1.165) is 23.9 Å². The van der Waals surface area contributed by atoms with Crippen molar-refractivity contribution in [3.63, 3.8) is 0 Å². The van der Waals surface area contributed by atoms with E-state index in [1.807, 2.05) is 35.8 Å². The largest absolute Gasteiger partial charge is 0.466 e. The number of hydrogen-bond acceptors (Lipinski definition) is 5. The van der Waals surface area contributed by atoms with Crippen molar-refractivity contribution in [2.24, 2.45) is 11.8 Å². The molecule has 0 amide bonds. The first-order valence-electron chi connectivity index (χ1n) is 12.9. The highest BCUT2D eigenvalue weighted by Gasteiger charge is 2.52. The molecular formula is C28H33N3O3. The van der Waals surface area contributed by atoms with Gasteiger partial charge in [0.2, 0.25) is 0 Å². The van der Waals surface area contributed by atoms with E-state index in [1.54, 1.807) is 5.57 Å². The number of carbonyl (C=O) groups excluding carboxylic acids is 1. The summed E-state index contributed by atoms with van der Waals surface area (Å²) in [5.74, 6) is 1.08. The maximum atomic E-state index is 13.7. The third-order valence-corrected chi connectivity index (χ3v) is 8.56. The van der Waals surface area contributed by atoms with Crippen LogP contribution in [0.2, 0.25) is 0 Å². The molecule has 1 aromatic carbocycles. The van der Waals surface area contributed by atoms with Crippen molar-refractivity contribution < 1.29 is 9.53 Å². The number of nitrogens with zero attached hydrogens (tertiary/aromatic N) is 3. The highest BCUT2D eigenvalue weighted by atomic mass is 16.5. The highest BCUT2D eigenvalue weighted by molar-refractivity contribution is 5.75. The van der Waals surface area contributed by atoms with E-state index in [-0.39, 0.29) is 17.6 Å². The lowest BCUT2D eigenvalue weighted by atomic mass is 9.49. The molecule has 6 heteroatoms. The zero-order valence-corrected chi connectivity index (χ0v) is 19.9. The van der Waals surface area contributed by atoms with Crippen molar-refractivity contribution in [1.82, 2.24) is 14.5 Å².